The second-order valence-corrected chi connectivity index (χ2v) is 2.57. The molecule has 0 aliphatic heterocycles. The van der Waals surface area contributed by atoms with Crippen molar-refractivity contribution in [3.63, 3.8) is 0 Å². The highest BCUT2D eigenvalue weighted by atomic mass is 16.1. The molecule has 4 heteroatoms. The van der Waals surface area contributed by atoms with Gasteiger partial charge < -0.3 is 0 Å². The molecular weight excluding hydrogens is 166 g/mol. The van der Waals surface area contributed by atoms with Crippen molar-refractivity contribution >= 4 is 5.78 Å². The number of nitrogens with zero attached hydrogens (tertiary/aromatic N) is 3. The number of aromatic nitrogens is 2. The topological polar surface area (TPSA) is 66.6 Å². The van der Waals surface area contributed by atoms with Gasteiger partial charge in [-0.05, 0) is 13.0 Å². The van der Waals surface area contributed by atoms with E-state index in [0.717, 1.165) is 0 Å². The van der Waals surface area contributed by atoms with Crippen LogP contribution in [0.5, 0.6) is 0 Å². The minimum atomic E-state index is -0.105. The van der Waals surface area contributed by atoms with Crippen molar-refractivity contribution < 1.29 is 4.79 Å². The first-order valence-electron chi connectivity index (χ1n) is 3.94. The Hall–Kier alpha value is -1.76. The first-order valence-corrected chi connectivity index (χ1v) is 3.94. The number of carbonyl (C=O) groups is 1. The lowest BCUT2D eigenvalue weighted by Crippen LogP contribution is -2.03. The predicted octanol–water partition coefficient (Wildman–Crippen LogP) is 1.27. The van der Waals surface area contributed by atoms with Gasteiger partial charge in [0.1, 0.15) is 11.5 Å². The maximum absolute atomic E-state index is 11.3. The summed E-state index contributed by atoms with van der Waals surface area (Å²) in [6, 6.07) is 3.48. The number of hydrogen-bond donors (Lipinski definition) is 0. The molecule has 0 N–H and O–H groups in total. The minimum Gasteiger partial charge on any atom is -0.292 e. The van der Waals surface area contributed by atoms with Crippen LogP contribution in [0, 0.1) is 18.3 Å². The third-order valence-corrected chi connectivity index (χ3v) is 1.53. The summed E-state index contributed by atoms with van der Waals surface area (Å²) in [5.41, 5.74) is 0.391. The number of rotatable bonds is 3. The third-order valence-electron chi connectivity index (χ3n) is 1.53. The van der Waals surface area contributed by atoms with Gasteiger partial charge in [-0.2, -0.15) is 5.26 Å². The Morgan fingerprint density at radius 3 is 3.08 bits per heavy atom. The Labute approximate surface area is 76.2 Å². The number of ketones is 1. The lowest BCUT2D eigenvalue weighted by Gasteiger charge is -1.97. The van der Waals surface area contributed by atoms with E-state index in [1.807, 2.05) is 6.07 Å². The van der Waals surface area contributed by atoms with E-state index in [9.17, 15) is 4.79 Å². The molecule has 0 fully saturated rings. The highest BCUT2D eigenvalue weighted by molar-refractivity contribution is 5.94. The van der Waals surface area contributed by atoms with Crippen molar-refractivity contribution in [3.05, 3.63) is 23.8 Å². The molecule has 0 aliphatic rings. The average Bonchev–Trinajstić information content (AvgIpc) is 2.14. The van der Waals surface area contributed by atoms with E-state index in [-0.39, 0.29) is 18.6 Å². The van der Waals surface area contributed by atoms with E-state index in [2.05, 4.69) is 9.97 Å². The van der Waals surface area contributed by atoms with Crippen molar-refractivity contribution in [1.29, 1.82) is 5.26 Å². The predicted molar refractivity (Wildman–Crippen MR) is 45.9 cm³/mol. The maximum Gasteiger partial charge on any atom is 0.182 e. The zero-order valence-electron chi connectivity index (χ0n) is 7.32. The summed E-state index contributed by atoms with van der Waals surface area (Å²) in [5.74, 6) is 0.467. The lowest BCUT2D eigenvalue weighted by molar-refractivity contribution is 0.0979. The molecule has 0 aliphatic carbocycles. The van der Waals surface area contributed by atoms with Crippen LogP contribution in [0.25, 0.3) is 0 Å². The van der Waals surface area contributed by atoms with Crippen molar-refractivity contribution in [3.8, 4) is 6.07 Å². The zero-order valence-corrected chi connectivity index (χ0v) is 7.32. The molecule has 0 bridgehead atoms. The fourth-order valence-electron chi connectivity index (χ4n) is 0.909. The Kier molecular flexibility index (Phi) is 3.09. The SMILES string of the molecule is Cc1nccc(C(=O)CCC#N)n1. The molecule has 0 spiro atoms. The molecule has 0 saturated carbocycles. The molecule has 0 atom stereocenters. The highest BCUT2D eigenvalue weighted by Crippen LogP contribution is 2.01. The standard InChI is InChI=1S/C9H9N3O/c1-7-11-6-4-8(12-7)9(13)3-2-5-10/h4,6H,2-3H2,1H3. The molecule has 0 aromatic carbocycles. The molecule has 0 saturated heterocycles. The Morgan fingerprint density at radius 2 is 2.46 bits per heavy atom. The fourth-order valence-corrected chi connectivity index (χ4v) is 0.909. The molecule has 1 heterocycles. The summed E-state index contributed by atoms with van der Waals surface area (Å²) in [6.07, 6.45) is 2.01. The summed E-state index contributed by atoms with van der Waals surface area (Å²) in [5, 5.41) is 8.28. The molecule has 0 radical (unpaired) electrons. The third kappa shape index (κ3) is 2.64. The van der Waals surface area contributed by atoms with Crippen LogP contribution < -0.4 is 0 Å². The van der Waals surface area contributed by atoms with Gasteiger partial charge in [0.05, 0.1) is 6.07 Å². The zero-order chi connectivity index (χ0) is 9.68. The Balaban J connectivity index is 2.72. The average molecular weight is 175 g/mol. The molecule has 1 rings (SSSR count). The van der Waals surface area contributed by atoms with E-state index in [4.69, 9.17) is 5.26 Å². The van der Waals surface area contributed by atoms with Crippen LogP contribution in [-0.2, 0) is 0 Å². The van der Waals surface area contributed by atoms with E-state index in [1.54, 1.807) is 19.2 Å². The summed E-state index contributed by atoms with van der Waals surface area (Å²) in [6.45, 7) is 1.72. The number of hydrogen-bond acceptors (Lipinski definition) is 4. The van der Waals surface area contributed by atoms with Crippen LogP contribution in [-0.4, -0.2) is 15.8 Å². The maximum atomic E-state index is 11.3. The van der Waals surface area contributed by atoms with Gasteiger partial charge in [0, 0.05) is 19.0 Å². The number of nitriles is 1. The highest BCUT2D eigenvalue weighted by Gasteiger charge is 2.06. The minimum absolute atomic E-state index is 0.105. The molecule has 66 valence electrons. The van der Waals surface area contributed by atoms with Crippen LogP contribution in [0.4, 0.5) is 0 Å². The van der Waals surface area contributed by atoms with E-state index in [1.165, 1.54) is 0 Å². The smallest absolute Gasteiger partial charge is 0.182 e. The fraction of sp³-hybridized carbons (Fsp3) is 0.333. The van der Waals surface area contributed by atoms with Gasteiger partial charge in [0.15, 0.2) is 5.78 Å². The van der Waals surface area contributed by atoms with Crippen LogP contribution in [0.1, 0.15) is 29.2 Å². The lowest BCUT2D eigenvalue weighted by atomic mass is 10.2. The molecule has 13 heavy (non-hydrogen) atoms. The van der Waals surface area contributed by atoms with Crippen LogP contribution in [0.2, 0.25) is 0 Å². The van der Waals surface area contributed by atoms with E-state index in [0.29, 0.717) is 11.5 Å². The van der Waals surface area contributed by atoms with Crippen LogP contribution in [0.3, 0.4) is 0 Å². The quantitative estimate of drug-likeness (QED) is 0.649. The second-order valence-electron chi connectivity index (χ2n) is 2.57. The Morgan fingerprint density at radius 1 is 1.69 bits per heavy atom. The summed E-state index contributed by atoms with van der Waals surface area (Å²) < 4.78 is 0. The normalized spacial score (nSPS) is 9.23. The molecule has 0 unspecified atom stereocenters. The van der Waals surface area contributed by atoms with E-state index < -0.39 is 0 Å². The summed E-state index contributed by atoms with van der Waals surface area (Å²) in [7, 11) is 0. The first kappa shape index (κ1) is 9.33. The molecule has 4 nitrogen and oxygen atoms in total. The molecule has 1 aromatic rings. The van der Waals surface area contributed by atoms with Gasteiger partial charge in [-0.15, -0.1) is 0 Å². The first-order chi connectivity index (χ1) is 6.24. The molecule has 1 aromatic heterocycles. The van der Waals surface area contributed by atoms with Crippen LogP contribution in [0.15, 0.2) is 12.3 Å². The second kappa shape index (κ2) is 4.31. The van der Waals surface area contributed by atoms with Gasteiger partial charge in [-0.1, -0.05) is 0 Å². The van der Waals surface area contributed by atoms with Gasteiger partial charge in [0.2, 0.25) is 0 Å². The van der Waals surface area contributed by atoms with Gasteiger partial charge >= 0.3 is 0 Å². The van der Waals surface area contributed by atoms with Crippen molar-refractivity contribution in [1.82, 2.24) is 9.97 Å². The number of carbonyl (C=O) groups excluding carboxylic acids is 1. The summed E-state index contributed by atoms with van der Waals surface area (Å²) >= 11 is 0. The van der Waals surface area contributed by atoms with Crippen molar-refractivity contribution in [2.75, 3.05) is 0 Å². The Bertz CT molecular complexity index is 354. The largest absolute Gasteiger partial charge is 0.292 e. The van der Waals surface area contributed by atoms with E-state index >= 15 is 0 Å². The number of Topliss-reactive ketones (excluding diaryl/α,β-unsaturated/α-hetero) is 1. The number of aryl methyl sites for hydroxylation is 1. The van der Waals surface area contributed by atoms with Crippen molar-refractivity contribution in [2.24, 2.45) is 0 Å². The summed E-state index contributed by atoms with van der Waals surface area (Å²) in [4.78, 5) is 19.1. The van der Waals surface area contributed by atoms with Gasteiger partial charge in [-0.25, -0.2) is 9.97 Å². The molecular formula is C9H9N3O. The van der Waals surface area contributed by atoms with Crippen molar-refractivity contribution in [2.45, 2.75) is 19.8 Å². The van der Waals surface area contributed by atoms with Crippen LogP contribution >= 0.6 is 0 Å². The van der Waals surface area contributed by atoms with Gasteiger partial charge in [-0.3, -0.25) is 4.79 Å². The monoisotopic (exact) mass is 175 g/mol. The molecule has 0 amide bonds. The van der Waals surface area contributed by atoms with Gasteiger partial charge in [0.25, 0.3) is 0 Å².